The summed E-state index contributed by atoms with van der Waals surface area (Å²) in [6.45, 7) is 9.92. The zero-order valence-electron chi connectivity index (χ0n) is 11.0. The highest BCUT2D eigenvalue weighted by molar-refractivity contribution is 5.20. The van der Waals surface area contributed by atoms with Crippen molar-refractivity contribution in [2.24, 2.45) is 5.92 Å². The molecule has 2 atom stereocenters. The molecule has 0 saturated heterocycles. The third-order valence-electron chi connectivity index (χ3n) is 3.08. The van der Waals surface area contributed by atoms with E-state index in [4.69, 9.17) is 0 Å². The van der Waals surface area contributed by atoms with E-state index in [2.05, 4.69) is 44.1 Å². The molecule has 1 heterocycles. The summed E-state index contributed by atoms with van der Waals surface area (Å²) in [5.74, 6) is 0.648. The van der Waals surface area contributed by atoms with Crippen LogP contribution in [-0.4, -0.2) is 11.5 Å². The van der Waals surface area contributed by atoms with Crippen LogP contribution < -0.4 is 5.32 Å². The maximum Gasteiger partial charge on any atom is 0.0361 e. The second-order valence-corrected chi connectivity index (χ2v) is 4.61. The van der Waals surface area contributed by atoms with Crippen molar-refractivity contribution in [1.82, 2.24) is 10.3 Å². The molecule has 0 aliphatic carbocycles. The molecule has 0 aromatic carbocycles. The molecule has 0 aliphatic rings. The molecule has 0 saturated carbocycles. The van der Waals surface area contributed by atoms with Gasteiger partial charge >= 0.3 is 0 Å². The summed E-state index contributed by atoms with van der Waals surface area (Å²) in [4.78, 5) is 4.29. The number of aryl methyl sites for hydroxylation is 1. The molecule has 2 heteroatoms. The third kappa shape index (κ3) is 3.60. The lowest BCUT2D eigenvalue weighted by Crippen LogP contribution is -2.27. The summed E-state index contributed by atoms with van der Waals surface area (Å²) < 4.78 is 0. The van der Waals surface area contributed by atoms with E-state index in [0.717, 1.165) is 6.54 Å². The summed E-state index contributed by atoms with van der Waals surface area (Å²) in [5, 5.41) is 3.62. The Hall–Kier alpha value is -0.890. The van der Waals surface area contributed by atoms with E-state index >= 15 is 0 Å². The van der Waals surface area contributed by atoms with Crippen molar-refractivity contribution in [2.45, 2.75) is 46.6 Å². The smallest absolute Gasteiger partial charge is 0.0361 e. The molecule has 2 unspecified atom stereocenters. The van der Waals surface area contributed by atoms with Crippen LogP contribution in [0.3, 0.4) is 0 Å². The largest absolute Gasteiger partial charge is 0.310 e. The first-order chi connectivity index (χ1) is 7.69. The minimum Gasteiger partial charge on any atom is -0.310 e. The Bertz CT molecular complexity index is 309. The Labute approximate surface area is 99.5 Å². The summed E-state index contributed by atoms with van der Waals surface area (Å²) in [6, 6.07) is 2.68. The van der Waals surface area contributed by atoms with E-state index in [0.29, 0.717) is 12.0 Å². The lowest BCUT2D eigenvalue weighted by molar-refractivity contribution is 0.376. The van der Waals surface area contributed by atoms with Crippen molar-refractivity contribution in [3.05, 3.63) is 29.6 Å². The maximum absolute atomic E-state index is 4.29. The van der Waals surface area contributed by atoms with Crippen molar-refractivity contribution in [2.75, 3.05) is 6.54 Å². The lowest BCUT2D eigenvalue weighted by Gasteiger charge is -2.24. The van der Waals surface area contributed by atoms with Crippen molar-refractivity contribution in [3.63, 3.8) is 0 Å². The van der Waals surface area contributed by atoms with Crippen LogP contribution in [0.4, 0.5) is 0 Å². The van der Waals surface area contributed by atoms with Gasteiger partial charge in [0, 0.05) is 18.4 Å². The molecule has 1 aromatic heterocycles. The van der Waals surface area contributed by atoms with E-state index in [1.54, 1.807) is 0 Å². The van der Waals surface area contributed by atoms with Gasteiger partial charge < -0.3 is 5.32 Å². The summed E-state index contributed by atoms with van der Waals surface area (Å²) in [5.41, 5.74) is 2.56. The Morgan fingerprint density at radius 3 is 2.62 bits per heavy atom. The van der Waals surface area contributed by atoms with Crippen LogP contribution in [0.5, 0.6) is 0 Å². The molecule has 90 valence electrons. The minimum absolute atomic E-state index is 0.442. The third-order valence-corrected chi connectivity index (χ3v) is 3.08. The molecule has 1 aromatic rings. The van der Waals surface area contributed by atoms with Crippen LogP contribution in [0.15, 0.2) is 18.5 Å². The number of hydrogen-bond acceptors (Lipinski definition) is 2. The number of nitrogens with one attached hydrogen (secondary N) is 1. The highest BCUT2D eigenvalue weighted by atomic mass is 14.9. The fourth-order valence-corrected chi connectivity index (χ4v) is 1.93. The monoisotopic (exact) mass is 220 g/mol. The van der Waals surface area contributed by atoms with Gasteiger partial charge in [0.05, 0.1) is 0 Å². The highest BCUT2D eigenvalue weighted by Crippen LogP contribution is 2.24. The van der Waals surface area contributed by atoms with Crippen molar-refractivity contribution < 1.29 is 0 Å². The van der Waals surface area contributed by atoms with Gasteiger partial charge in [-0.15, -0.1) is 0 Å². The van der Waals surface area contributed by atoms with E-state index in [1.807, 2.05) is 12.4 Å². The first-order valence-corrected chi connectivity index (χ1v) is 6.34. The lowest BCUT2D eigenvalue weighted by atomic mass is 9.93. The number of hydrogen-bond donors (Lipinski definition) is 1. The number of pyridine rings is 1. The maximum atomic E-state index is 4.29. The second kappa shape index (κ2) is 6.64. The molecule has 0 amide bonds. The highest BCUT2D eigenvalue weighted by Gasteiger charge is 2.17. The van der Waals surface area contributed by atoms with Crippen LogP contribution in [0.2, 0.25) is 0 Å². The molecule has 2 nitrogen and oxygen atoms in total. The van der Waals surface area contributed by atoms with E-state index < -0.39 is 0 Å². The van der Waals surface area contributed by atoms with Crippen LogP contribution in [0, 0.1) is 12.8 Å². The number of nitrogens with zero attached hydrogens (tertiary/aromatic N) is 1. The van der Waals surface area contributed by atoms with E-state index in [1.165, 1.54) is 24.0 Å². The second-order valence-electron chi connectivity index (χ2n) is 4.61. The molecule has 1 N–H and O–H groups in total. The SMILES string of the molecule is CCCNC(c1cncc(C)c1)C(C)CC. The van der Waals surface area contributed by atoms with Gasteiger partial charge in [0.25, 0.3) is 0 Å². The average molecular weight is 220 g/mol. The van der Waals surface area contributed by atoms with Gasteiger partial charge in [0.15, 0.2) is 0 Å². The fraction of sp³-hybridized carbons (Fsp3) is 0.643. The molecule has 0 spiro atoms. The fourth-order valence-electron chi connectivity index (χ4n) is 1.93. The Balaban J connectivity index is 2.82. The van der Waals surface area contributed by atoms with Gasteiger partial charge in [-0.25, -0.2) is 0 Å². The molecular formula is C14H24N2. The number of aromatic nitrogens is 1. The summed E-state index contributed by atoms with van der Waals surface area (Å²) >= 11 is 0. The van der Waals surface area contributed by atoms with Crippen LogP contribution in [-0.2, 0) is 0 Å². The molecule has 0 radical (unpaired) electrons. The van der Waals surface area contributed by atoms with Crippen molar-refractivity contribution in [1.29, 1.82) is 0 Å². The van der Waals surface area contributed by atoms with Crippen molar-refractivity contribution in [3.8, 4) is 0 Å². The first-order valence-electron chi connectivity index (χ1n) is 6.34. The van der Waals surface area contributed by atoms with Gasteiger partial charge in [0.2, 0.25) is 0 Å². The first kappa shape index (κ1) is 13.2. The van der Waals surface area contributed by atoms with Crippen LogP contribution >= 0.6 is 0 Å². The molecule has 1 rings (SSSR count). The standard InChI is InChI=1S/C14H24N2/c1-5-7-16-14(12(4)6-2)13-8-11(3)9-15-10-13/h8-10,12,14,16H,5-7H2,1-4H3. The average Bonchev–Trinajstić information content (AvgIpc) is 2.29. The zero-order chi connectivity index (χ0) is 12.0. The van der Waals surface area contributed by atoms with Gasteiger partial charge in [-0.05, 0) is 36.9 Å². The Morgan fingerprint density at radius 1 is 1.31 bits per heavy atom. The summed E-state index contributed by atoms with van der Waals surface area (Å²) in [7, 11) is 0. The van der Waals surface area contributed by atoms with Crippen LogP contribution in [0.25, 0.3) is 0 Å². The summed E-state index contributed by atoms with van der Waals surface area (Å²) in [6.07, 6.45) is 6.27. The Kier molecular flexibility index (Phi) is 5.47. The van der Waals surface area contributed by atoms with Gasteiger partial charge in [-0.3, -0.25) is 4.98 Å². The predicted octanol–water partition coefficient (Wildman–Crippen LogP) is 3.48. The predicted molar refractivity (Wildman–Crippen MR) is 69.5 cm³/mol. The Morgan fingerprint density at radius 2 is 2.06 bits per heavy atom. The zero-order valence-corrected chi connectivity index (χ0v) is 11.0. The number of rotatable bonds is 6. The molecule has 0 aliphatic heterocycles. The minimum atomic E-state index is 0.442. The quantitative estimate of drug-likeness (QED) is 0.794. The normalized spacial score (nSPS) is 14.8. The topological polar surface area (TPSA) is 24.9 Å². The molecular weight excluding hydrogens is 196 g/mol. The van der Waals surface area contributed by atoms with E-state index in [-0.39, 0.29) is 0 Å². The van der Waals surface area contributed by atoms with E-state index in [9.17, 15) is 0 Å². The molecule has 16 heavy (non-hydrogen) atoms. The molecule has 0 bridgehead atoms. The van der Waals surface area contributed by atoms with Gasteiger partial charge in [-0.1, -0.05) is 33.3 Å². The van der Waals surface area contributed by atoms with Gasteiger partial charge in [0.1, 0.15) is 0 Å². The van der Waals surface area contributed by atoms with Gasteiger partial charge in [-0.2, -0.15) is 0 Å². The van der Waals surface area contributed by atoms with Crippen LogP contribution in [0.1, 0.15) is 50.8 Å². The van der Waals surface area contributed by atoms with Crippen molar-refractivity contribution >= 4 is 0 Å². The molecule has 0 fully saturated rings.